The van der Waals surface area contributed by atoms with Gasteiger partial charge in [0.2, 0.25) is 5.82 Å². The van der Waals surface area contributed by atoms with Crippen LogP contribution in [0.25, 0.3) is 11.0 Å². The van der Waals surface area contributed by atoms with Crippen LogP contribution in [0.15, 0.2) is 12.3 Å². The molecular formula is C15H20N5O7P. The summed E-state index contributed by atoms with van der Waals surface area (Å²) in [5.41, 5.74) is 0.336. The molecule has 28 heavy (non-hydrogen) atoms. The summed E-state index contributed by atoms with van der Waals surface area (Å²) in [6, 6.07) is 3.58. The molecule has 3 rings (SSSR count). The zero-order valence-corrected chi connectivity index (χ0v) is 16.0. The quantitative estimate of drug-likeness (QED) is 0.434. The van der Waals surface area contributed by atoms with Crippen molar-refractivity contribution >= 4 is 24.4 Å². The molecule has 1 fully saturated rings. The van der Waals surface area contributed by atoms with Crippen molar-refractivity contribution in [1.29, 1.82) is 5.26 Å². The standard InChI is InChI=1S/C15H20N5O7P/c1-19(2)13-8-3-4-20(14(8)18-10(5-16)17-13)15-12(22)11(21)9(27-15)6-26-7-28(23,24)25/h3-4,9,11-12,15,21-22H,6-7H2,1-2H3,(H2,23,24,25)/t9-,11-,12-,15-/m1/s1. The van der Waals surface area contributed by atoms with Crippen molar-refractivity contribution in [3.8, 4) is 6.07 Å². The summed E-state index contributed by atoms with van der Waals surface area (Å²) < 4.78 is 22.9. The van der Waals surface area contributed by atoms with Gasteiger partial charge in [0.15, 0.2) is 6.23 Å². The number of hydrogen-bond acceptors (Lipinski definition) is 9. The van der Waals surface area contributed by atoms with Crippen LogP contribution >= 0.6 is 7.60 Å². The number of anilines is 1. The molecule has 0 saturated carbocycles. The third-order valence-electron chi connectivity index (χ3n) is 4.23. The Labute approximate surface area is 159 Å². The summed E-state index contributed by atoms with van der Waals surface area (Å²) in [5.74, 6) is 0.445. The summed E-state index contributed by atoms with van der Waals surface area (Å²) in [6.07, 6.45) is -3.96. The van der Waals surface area contributed by atoms with Crippen LogP contribution < -0.4 is 4.90 Å². The second-order valence-electron chi connectivity index (χ2n) is 6.55. The van der Waals surface area contributed by atoms with Gasteiger partial charge in [-0.05, 0) is 6.07 Å². The Morgan fingerprint density at radius 3 is 2.68 bits per heavy atom. The van der Waals surface area contributed by atoms with Crippen molar-refractivity contribution in [2.24, 2.45) is 0 Å². The first-order chi connectivity index (χ1) is 13.1. The molecule has 1 aliphatic heterocycles. The van der Waals surface area contributed by atoms with Gasteiger partial charge in [0.05, 0.1) is 12.0 Å². The van der Waals surface area contributed by atoms with Crippen LogP contribution in [-0.4, -0.2) is 79.9 Å². The minimum atomic E-state index is -4.36. The summed E-state index contributed by atoms with van der Waals surface area (Å²) in [7, 11) is -0.831. The lowest BCUT2D eigenvalue weighted by Gasteiger charge is -2.18. The van der Waals surface area contributed by atoms with Crippen LogP contribution in [0.3, 0.4) is 0 Å². The van der Waals surface area contributed by atoms with E-state index in [0.717, 1.165) is 0 Å². The second-order valence-corrected chi connectivity index (χ2v) is 8.14. The zero-order valence-electron chi connectivity index (χ0n) is 15.1. The number of aromatic nitrogens is 3. The van der Waals surface area contributed by atoms with Crippen molar-refractivity contribution in [3.63, 3.8) is 0 Å². The van der Waals surface area contributed by atoms with E-state index in [1.807, 2.05) is 6.07 Å². The van der Waals surface area contributed by atoms with E-state index < -0.39 is 38.5 Å². The van der Waals surface area contributed by atoms with E-state index in [-0.39, 0.29) is 12.4 Å². The van der Waals surface area contributed by atoms with Crippen LogP contribution in [0.5, 0.6) is 0 Å². The van der Waals surface area contributed by atoms with Crippen molar-refractivity contribution < 1.29 is 34.0 Å². The number of nitriles is 1. The molecule has 4 N–H and O–H groups in total. The molecule has 0 aliphatic carbocycles. The maximum atomic E-state index is 10.9. The van der Waals surface area contributed by atoms with E-state index in [1.165, 1.54) is 4.57 Å². The van der Waals surface area contributed by atoms with Crippen LogP contribution in [-0.2, 0) is 14.0 Å². The lowest BCUT2D eigenvalue weighted by atomic mass is 10.1. The van der Waals surface area contributed by atoms with Gasteiger partial charge in [-0.15, -0.1) is 0 Å². The smallest absolute Gasteiger partial charge is 0.350 e. The predicted molar refractivity (Wildman–Crippen MR) is 95.4 cm³/mol. The topological polar surface area (TPSA) is 174 Å². The number of hydrogen-bond donors (Lipinski definition) is 4. The summed E-state index contributed by atoms with van der Waals surface area (Å²) in [5, 5.41) is 30.4. The van der Waals surface area contributed by atoms with Crippen molar-refractivity contribution in [2.75, 3.05) is 32.0 Å². The Kier molecular flexibility index (Phi) is 5.69. The van der Waals surface area contributed by atoms with E-state index in [9.17, 15) is 20.0 Å². The van der Waals surface area contributed by atoms with Gasteiger partial charge in [-0.25, -0.2) is 9.97 Å². The minimum absolute atomic E-state index is 0.0642. The molecule has 3 heterocycles. The van der Waals surface area contributed by atoms with Crippen LogP contribution in [0.2, 0.25) is 0 Å². The normalized spacial score (nSPS) is 25.2. The Hall–Kier alpha value is -2.10. The molecule has 2 aromatic rings. The van der Waals surface area contributed by atoms with Gasteiger partial charge >= 0.3 is 7.60 Å². The Morgan fingerprint density at radius 2 is 2.07 bits per heavy atom. The Morgan fingerprint density at radius 1 is 1.36 bits per heavy atom. The molecule has 2 aromatic heterocycles. The molecule has 0 amide bonds. The van der Waals surface area contributed by atoms with E-state index in [2.05, 4.69) is 9.97 Å². The minimum Gasteiger partial charge on any atom is -0.387 e. The van der Waals surface area contributed by atoms with Gasteiger partial charge < -0.3 is 38.9 Å². The van der Waals surface area contributed by atoms with Crippen LogP contribution in [0.4, 0.5) is 5.82 Å². The number of nitrogens with zero attached hydrogens (tertiary/aromatic N) is 5. The van der Waals surface area contributed by atoms with Gasteiger partial charge in [0.1, 0.15) is 42.2 Å². The molecule has 1 saturated heterocycles. The highest BCUT2D eigenvalue weighted by Crippen LogP contribution is 2.36. The van der Waals surface area contributed by atoms with E-state index in [4.69, 9.17) is 19.3 Å². The lowest BCUT2D eigenvalue weighted by Crippen LogP contribution is -2.33. The third-order valence-corrected chi connectivity index (χ3v) is 4.75. The highest BCUT2D eigenvalue weighted by Gasteiger charge is 2.44. The molecule has 0 radical (unpaired) electrons. The van der Waals surface area contributed by atoms with E-state index in [1.54, 1.807) is 31.3 Å². The summed E-state index contributed by atoms with van der Waals surface area (Å²) in [6.45, 7) is -0.319. The maximum absolute atomic E-state index is 10.9. The fraction of sp³-hybridized carbons (Fsp3) is 0.533. The molecule has 0 bridgehead atoms. The second kappa shape index (κ2) is 7.73. The van der Waals surface area contributed by atoms with Gasteiger partial charge in [0.25, 0.3) is 0 Å². The van der Waals surface area contributed by atoms with Crippen LogP contribution in [0.1, 0.15) is 12.1 Å². The van der Waals surface area contributed by atoms with Crippen molar-refractivity contribution in [1.82, 2.24) is 14.5 Å². The lowest BCUT2D eigenvalue weighted by molar-refractivity contribution is -0.0610. The zero-order chi connectivity index (χ0) is 20.6. The molecule has 0 unspecified atom stereocenters. The molecular weight excluding hydrogens is 393 g/mol. The van der Waals surface area contributed by atoms with Crippen LogP contribution in [0, 0.1) is 11.3 Å². The first kappa shape index (κ1) is 20.6. The van der Waals surface area contributed by atoms with Gasteiger partial charge in [0, 0.05) is 20.3 Å². The third kappa shape index (κ3) is 4.01. The van der Waals surface area contributed by atoms with Gasteiger partial charge in [-0.1, -0.05) is 0 Å². The Balaban J connectivity index is 1.89. The van der Waals surface area contributed by atoms with Crippen molar-refractivity contribution in [2.45, 2.75) is 24.5 Å². The fourth-order valence-corrected chi connectivity index (χ4v) is 3.34. The first-order valence-electron chi connectivity index (χ1n) is 8.22. The summed E-state index contributed by atoms with van der Waals surface area (Å²) in [4.78, 5) is 27.7. The SMILES string of the molecule is CN(C)c1nc(C#N)nc2c1ccn2[C@@H]1O[C@H](COCP(=O)(O)O)[C@@H](O)[C@H]1O. The molecule has 1 aliphatic rings. The highest BCUT2D eigenvalue weighted by molar-refractivity contribution is 7.51. The monoisotopic (exact) mass is 413 g/mol. The highest BCUT2D eigenvalue weighted by atomic mass is 31.2. The molecule has 0 aromatic carbocycles. The van der Waals surface area contributed by atoms with E-state index in [0.29, 0.717) is 16.9 Å². The molecule has 13 heteroatoms. The fourth-order valence-electron chi connectivity index (χ4n) is 3.00. The average molecular weight is 413 g/mol. The number of fused-ring (bicyclic) bond motifs is 1. The van der Waals surface area contributed by atoms with Gasteiger partial charge in [-0.2, -0.15) is 5.26 Å². The maximum Gasteiger partial charge on any atom is 0.350 e. The number of aliphatic hydroxyl groups excluding tert-OH is 2. The number of aliphatic hydroxyl groups is 2. The largest absolute Gasteiger partial charge is 0.387 e. The Bertz CT molecular complexity index is 952. The summed E-state index contributed by atoms with van der Waals surface area (Å²) >= 11 is 0. The molecule has 152 valence electrons. The molecule has 4 atom stereocenters. The van der Waals surface area contributed by atoms with Gasteiger partial charge in [-0.3, -0.25) is 4.57 Å². The number of ether oxygens (including phenoxy) is 2. The first-order valence-corrected chi connectivity index (χ1v) is 10.0. The average Bonchev–Trinajstić information content (AvgIpc) is 3.15. The molecule has 0 spiro atoms. The van der Waals surface area contributed by atoms with E-state index >= 15 is 0 Å². The number of rotatable bonds is 6. The van der Waals surface area contributed by atoms with Crippen molar-refractivity contribution in [3.05, 3.63) is 18.1 Å². The predicted octanol–water partition coefficient (Wildman–Crippen LogP) is -0.860. The molecule has 12 nitrogen and oxygen atoms in total.